The lowest BCUT2D eigenvalue weighted by atomic mass is 9.96. The van der Waals surface area contributed by atoms with Crippen molar-refractivity contribution in [2.24, 2.45) is 0 Å². The van der Waals surface area contributed by atoms with Crippen LogP contribution < -0.4 is 0 Å². The van der Waals surface area contributed by atoms with Crippen LogP contribution in [0.25, 0.3) is 43.1 Å². The molecule has 0 aliphatic rings. The monoisotopic (exact) mass is 384 g/mol. The molecule has 0 aromatic heterocycles. The second-order valence-electron chi connectivity index (χ2n) is 6.92. The fourth-order valence-electron chi connectivity index (χ4n) is 3.74. The minimum Gasteiger partial charge on any atom is -0.138 e. The summed E-state index contributed by atoms with van der Waals surface area (Å²) in [6, 6.07) is 28.8. The maximum atomic E-state index is 3.61. The molecule has 0 heterocycles. The Kier molecular flexibility index (Phi) is 4.03. The van der Waals surface area contributed by atoms with Crippen LogP contribution in [0.15, 0.2) is 60.7 Å². The van der Waals surface area contributed by atoms with Crippen LogP contribution in [0.5, 0.6) is 0 Å². The molecular weight excluding hydrogens is 368 g/mol. The van der Waals surface area contributed by atoms with Gasteiger partial charge in [0.1, 0.15) is 0 Å². The largest absolute Gasteiger partial charge is 0.138 e. The first-order valence-electron chi connectivity index (χ1n) is 9.29. The van der Waals surface area contributed by atoms with E-state index in [1.165, 1.54) is 21.5 Å². The predicted octanol–water partition coefficient (Wildman–Crippen LogP) is 3.25. The highest BCUT2D eigenvalue weighted by atomic mass is 28.1. The lowest BCUT2D eigenvalue weighted by Gasteiger charge is -2.07. The van der Waals surface area contributed by atoms with E-state index in [1.54, 1.807) is 0 Å². The van der Waals surface area contributed by atoms with Gasteiger partial charge in [-0.1, -0.05) is 24.0 Å². The van der Waals surface area contributed by atoms with Crippen LogP contribution in [0.1, 0.15) is 11.1 Å². The smallest absolute Gasteiger partial charge is 0.0911 e. The van der Waals surface area contributed by atoms with Gasteiger partial charge in [-0.2, -0.15) is 0 Å². The Bertz CT molecular complexity index is 1420. The molecule has 0 N–H and O–H groups in total. The molecule has 0 saturated carbocycles. The van der Waals surface area contributed by atoms with Crippen molar-refractivity contribution in [1.82, 2.24) is 0 Å². The first kappa shape index (κ1) is 16.8. The van der Waals surface area contributed by atoms with Gasteiger partial charge < -0.3 is 0 Å². The second kappa shape index (κ2) is 6.69. The second-order valence-corrected chi connectivity index (χ2v) is 7.92. The normalized spacial score (nSPS) is 10.9. The summed E-state index contributed by atoms with van der Waals surface area (Å²) in [5.41, 5.74) is 8.36. The highest BCUT2D eigenvalue weighted by Gasteiger charge is 2.05. The average molecular weight is 385 g/mol. The number of rotatable bonds is 0. The fourth-order valence-corrected chi connectivity index (χ4v) is 4.32. The maximum absolute atomic E-state index is 3.61. The van der Waals surface area contributed by atoms with Crippen molar-refractivity contribution >= 4 is 63.6 Å². The molecule has 28 heavy (non-hydrogen) atoms. The van der Waals surface area contributed by atoms with Gasteiger partial charge in [-0.05, 0) is 104 Å². The summed E-state index contributed by atoms with van der Waals surface area (Å²) < 4.78 is 0. The molecule has 0 aliphatic heterocycles. The lowest BCUT2D eigenvalue weighted by molar-refractivity contribution is 1.71. The quantitative estimate of drug-likeness (QED) is 0.218. The van der Waals surface area contributed by atoms with Gasteiger partial charge in [0.25, 0.3) is 0 Å². The Morgan fingerprint density at radius 2 is 0.893 bits per heavy atom. The highest BCUT2D eigenvalue weighted by Crippen LogP contribution is 2.30. The summed E-state index contributed by atoms with van der Waals surface area (Å²) in [6.07, 6.45) is 0. The summed E-state index contributed by atoms with van der Waals surface area (Å²) in [5, 5.41) is 9.19. The van der Waals surface area contributed by atoms with Crippen molar-refractivity contribution in [1.29, 1.82) is 0 Å². The Labute approximate surface area is 170 Å². The molecule has 2 radical (unpaired) electrons. The lowest BCUT2D eigenvalue weighted by Crippen LogP contribution is -1.83. The molecule has 0 unspecified atom stereocenters. The van der Waals surface area contributed by atoms with E-state index < -0.39 is 0 Å². The minimum atomic E-state index is 0.895. The Morgan fingerprint density at radius 1 is 0.500 bits per heavy atom. The van der Waals surface area contributed by atoms with Gasteiger partial charge in [0, 0.05) is 11.1 Å². The SMILES string of the molecule is [SiH3]C#Cc1ccc2cc3[c]c4cc5ccc(C#C[SiH3])cc5cc4[c]c3cc2c1. The standard InChI is InChI=1S/C26H16Si2/c27-7-5-17-1-3-19-11-23-15-24-12-20-4-2-18(6-8-28)10-22(20)14-26(24)16-25(23)13-21(19)9-17/h1-4,9-14H,27-28H3. The zero-order chi connectivity index (χ0) is 19.1. The van der Waals surface area contributed by atoms with Gasteiger partial charge in [0.2, 0.25) is 0 Å². The summed E-state index contributed by atoms with van der Waals surface area (Å²) in [7, 11) is 1.79. The molecule has 2 heteroatoms. The molecular formula is C26H16Si2. The van der Waals surface area contributed by atoms with Crippen LogP contribution in [0.2, 0.25) is 0 Å². The summed E-state index contributed by atoms with van der Waals surface area (Å²) in [6.45, 7) is 0. The Morgan fingerprint density at radius 3 is 1.29 bits per heavy atom. The van der Waals surface area contributed by atoms with Gasteiger partial charge in [0.15, 0.2) is 0 Å². The van der Waals surface area contributed by atoms with E-state index in [-0.39, 0.29) is 0 Å². The van der Waals surface area contributed by atoms with Crippen molar-refractivity contribution in [3.63, 3.8) is 0 Å². The van der Waals surface area contributed by atoms with Crippen LogP contribution in [0, 0.1) is 35.1 Å². The maximum Gasteiger partial charge on any atom is 0.0911 e. The van der Waals surface area contributed by atoms with E-state index in [2.05, 4.69) is 95.7 Å². The summed E-state index contributed by atoms with van der Waals surface area (Å²) in [5.74, 6) is 6.40. The molecule has 0 atom stereocenters. The predicted molar refractivity (Wildman–Crippen MR) is 128 cm³/mol. The molecule has 0 aliphatic carbocycles. The molecule has 0 nitrogen and oxygen atoms in total. The van der Waals surface area contributed by atoms with Gasteiger partial charge in [-0.15, -0.1) is 11.1 Å². The third-order valence-corrected chi connectivity index (χ3v) is 5.53. The van der Waals surface area contributed by atoms with E-state index in [0.29, 0.717) is 0 Å². The topological polar surface area (TPSA) is 0 Å². The van der Waals surface area contributed by atoms with Crippen molar-refractivity contribution in [3.8, 4) is 22.9 Å². The van der Waals surface area contributed by atoms with E-state index in [0.717, 1.165) is 53.2 Å². The first-order valence-corrected chi connectivity index (χ1v) is 11.3. The van der Waals surface area contributed by atoms with Crippen LogP contribution in [0.3, 0.4) is 0 Å². The third kappa shape index (κ3) is 2.90. The van der Waals surface area contributed by atoms with Crippen molar-refractivity contribution < 1.29 is 0 Å². The van der Waals surface area contributed by atoms with Crippen molar-refractivity contribution in [2.75, 3.05) is 0 Å². The van der Waals surface area contributed by atoms with Crippen LogP contribution in [-0.2, 0) is 0 Å². The van der Waals surface area contributed by atoms with Crippen LogP contribution in [0.4, 0.5) is 0 Å². The summed E-state index contributed by atoms with van der Waals surface area (Å²) >= 11 is 0. The zero-order valence-electron chi connectivity index (χ0n) is 15.8. The molecule has 128 valence electrons. The number of benzene rings is 5. The molecule has 5 aromatic carbocycles. The minimum absolute atomic E-state index is 0.895. The van der Waals surface area contributed by atoms with E-state index in [4.69, 9.17) is 0 Å². The zero-order valence-corrected chi connectivity index (χ0v) is 19.8. The average Bonchev–Trinajstić information content (AvgIpc) is 2.70. The Balaban J connectivity index is 1.77. The van der Waals surface area contributed by atoms with Gasteiger partial charge in [-0.3, -0.25) is 0 Å². The number of hydrogen-bond donors (Lipinski definition) is 0. The number of fused-ring (bicyclic) bond motifs is 4. The van der Waals surface area contributed by atoms with Crippen LogP contribution >= 0.6 is 0 Å². The Hall–Kier alpha value is -3.31. The van der Waals surface area contributed by atoms with Crippen LogP contribution in [-0.4, -0.2) is 20.5 Å². The molecule has 0 spiro atoms. The van der Waals surface area contributed by atoms with E-state index >= 15 is 0 Å². The van der Waals surface area contributed by atoms with Gasteiger partial charge in [-0.25, -0.2) is 0 Å². The third-order valence-electron chi connectivity index (χ3n) is 5.03. The summed E-state index contributed by atoms with van der Waals surface area (Å²) in [4.78, 5) is 0. The molecule has 0 bridgehead atoms. The first-order chi connectivity index (χ1) is 13.7. The fraction of sp³-hybridized carbons (Fsp3) is 0. The molecule has 0 amide bonds. The molecule has 0 saturated heterocycles. The van der Waals surface area contributed by atoms with E-state index in [9.17, 15) is 0 Å². The van der Waals surface area contributed by atoms with Crippen molar-refractivity contribution in [2.45, 2.75) is 0 Å². The molecule has 0 fully saturated rings. The number of hydrogen-bond acceptors (Lipinski definition) is 0. The molecule has 5 rings (SSSR count). The van der Waals surface area contributed by atoms with Gasteiger partial charge >= 0.3 is 0 Å². The van der Waals surface area contributed by atoms with Gasteiger partial charge in [0.05, 0.1) is 20.5 Å². The van der Waals surface area contributed by atoms with E-state index in [1.807, 2.05) is 0 Å². The highest BCUT2D eigenvalue weighted by molar-refractivity contribution is 6.22. The molecule has 5 aromatic rings. The van der Waals surface area contributed by atoms with Crippen molar-refractivity contribution in [3.05, 3.63) is 83.9 Å².